The molecule has 12 heteroatoms. The van der Waals surface area contributed by atoms with Crippen molar-refractivity contribution in [2.24, 2.45) is 11.8 Å². The van der Waals surface area contributed by atoms with E-state index < -0.39 is 58.4 Å². The topological polar surface area (TPSA) is 134 Å². The Morgan fingerprint density at radius 2 is 1.64 bits per heavy atom. The van der Waals surface area contributed by atoms with Gasteiger partial charge >= 0.3 is 17.4 Å². The first-order valence-electron chi connectivity index (χ1n) is 13.1. The molecule has 0 unspecified atom stereocenters. The van der Waals surface area contributed by atoms with Crippen molar-refractivity contribution in [1.82, 2.24) is 14.9 Å². The van der Waals surface area contributed by atoms with Crippen LogP contribution in [0.4, 0.5) is 9.59 Å². The van der Waals surface area contributed by atoms with E-state index in [1.165, 1.54) is 0 Å². The molecule has 11 nitrogen and oxygen atoms in total. The Labute approximate surface area is 231 Å². The van der Waals surface area contributed by atoms with Gasteiger partial charge in [-0.25, -0.2) is 19.6 Å². The Bertz CT molecular complexity index is 1120. The zero-order chi connectivity index (χ0) is 28.5. The minimum Gasteiger partial charge on any atom is -0.478 e. The number of carboxylic acid groups (broad SMARTS) is 1. The van der Waals surface area contributed by atoms with Crippen LogP contribution in [-0.2, 0) is 30.6 Å². The molecule has 4 atom stereocenters. The van der Waals surface area contributed by atoms with Crippen LogP contribution < -0.4 is 0 Å². The van der Waals surface area contributed by atoms with Crippen LogP contribution in [0.3, 0.4) is 0 Å². The van der Waals surface area contributed by atoms with Gasteiger partial charge in [-0.15, -0.1) is 0 Å². The van der Waals surface area contributed by atoms with Crippen molar-refractivity contribution in [3.63, 3.8) is 0 Å². The number of benzene rings is 1. The number of hydrogen-bond donors (Lipinski definition) is 1. The molecular formula is C27H34ClN3O8. The van der Waals surface area contributed by atoms with E-state index in [2.05, 4.69) is 0 Å². The number of halogens is 1. The summed E-state index contributed by atoms with van der Waals surface area (Å²) in [7, 11) is 0. The SMILES string of the molecule is CC(C)(C)OC(=O)N1C[C@H](N(OCc2ccccc2)C(=O)Cl)CC[C@]1(C(=O)O)N1C(=O)[C@H]2CCCC[C@H]2C1=O. The van der Waals surface area contributed by atoms with Crippen LogP contribution in [0.15, 0.2) is 30.3 Å². The summed E-state index contributed by atoms with van der Waals surface area (Å²) in [5, 5.41) is 10.5. The number of carbonyl (C=O) groups excluding carboxylic acids is 4. The molecule has 1 aliphatic carbocycles. The highest BCUT2D eigenvalue weighted by Crippen LogP contribution is 2.45. The number of piperidine rings is 1. The van der Waals surface area contributed by atoms with Crippen molar-refractivity contribution in [3.05, 3.63) is 35.9 Å². The van der Waals surface area contributed by atoms with Crippen molar-refractivity contribution in [2.75, 3.05) is 6.54 Å². The summed E-state index contributed by atoms with van der Waals surface area (Å²) in [4.78, 5) is 73.4. The van der Waals surface area contributed by atoms with Gasteiger partial charge in [-0.2, -0.15) is 0 Å². The molecule has 2 heterocycles. The third-order valence-corrected chi connectivity index (χ3v) is 7.72. The number of imide groups is 1. The molecule has 212 valence electrons. The molecule has 1 aromatic carbocycles. The Balaban J connectivity index is 1.69. The van der Waals surface area contributed by atoms with E-state index in [0.717, 1.165) is 33.3 Å². The maximum Gasteiger partial charge on any atom is 0.412 e. The fourth-order valence-corrected chi connectivity index (χ4v) is 5.97. The van der Waals surface area contributed by atoms with Gasteiger partial charge in [0, 0.05) is 13.0 Å². The zero-order valence-electron chi connectivity index (χ0n) is 22.3. The lowest BCUT2D eigenvalue weighted by atomic mass is 9.81. The molecule has 1 N–H and O–H groups in total. The molecule has 1 aromatic rings. The third-order valence-electron chi connectivity index (χ3n) is 7.55. The quantitative estimate of drug-likeness (QED) is 0.236. The minimum atomic E-state index is -2.31. The number of aliphatic carboxylic acids is 1. The van der Waals surface area contributed by atoms with E-state index >= 15 is 0 Å². The number of rotatable bonds is 6. The molecule has 2 saturated heterocycles. The molecule has 0 aromatic heterocycles. The summed E-state index contributed by atoms with van der Waals surface area (Å²) in [5.41, 5.74) is -2.56. The highest BCUT2D eigenvalue weighted by atomic mass is 35.5. The number of fused-ring (bicyclic) bond motifs is 1. The molecule has 3 aliphatic rings. The van der Waals surface area contributed by atoms with E-state index in [0.29, 0.717) is 12.8 Å². The first-order chi connectivity index (χ1) is 18.4. The smallest absolute Gasteiger partial charge is 0.412 e. The van der Waals surface area contributed by atoms with Gasteiger partial charge in [0.05, 0.1) is 17.9 Å². The second-order valence-corrected chi connectivity index (χ2v) is 11.6. The number of hydrogen-bond acceptors (Lipinski definition) is 7. The second-order valence-electron chi connectivity index (χ2n) is 11.3. The molecule has 39 heavy (non-hydrogen) atoms. The Morgan fingerprint density at radius 1 is 1.05 bits per heavy atom. The standard InChI is InChI=1S/C27H34ClN3O8/c1-26(2,3)39-25(37)29-15-18(31(24(28)36)38-16-17-9-5-4-6-10-17)13-14-27(29,23(34)35)30-21(32)19-11-7-8-12-20(19)22(30)33/h4-6,9-10,18-20H,7-8,11-16H2,1-3H3,(H,34,35)/t18-,19-,20+,27-/m1/s1. The first kappa shape index (κ1) is 28.8. The predicted octanol–water partition coefficient (Wildman–Crippen LogP) is 4.13. The highest BCUT2D eigenvalue weighted by molar-refractivity contribution is 6.62. The zero-order valence-corrected chi connectivity index (χ0v) is 23.1. The highest BCUT2D eigenvalue weighted by Gasteiger charge is 2.64. The largest absolute Gasteiger partial charge is 0.478 e. The van der Waals surface area contributed by atoms with Gasteiger partial charge in [-0.1, -0.05) is 43.2 Å². The maximum atomic E-state index is 13.5. The Morgan fingerprint density at radius 3 is 2.15 bits per heavy atom. The number of nitrogens with zero attached hydrogens (tertiary/aromatic N) is 3. The average Bonchev–Trinajstić information content (AvgIpc) is 3.13. The Kier molecular flexibility index (Phi) is 8.22. The molecule has 0 radical (unpaired) electrons. The van der Waals surface area contributed by atoms with Crippen LogP contribution >= 0.6 is 11.6 Å². The molecule has 2 aliphatic heterocycles. The van der Waals surface area contributed by atoms with Crippen LogP contribution in [0.25, 0.3) is 0 Å². The maximum absolute atomic E-state index is 13.5. The van der Waals surface area contributed by atoms with E-state index in [-0.39, 0.29) is 26.0 Å². The van der Waals surface area contributed by atoms with E-state index in [9.17, 15) is 29.1 Å². The molecular weight excluding hydrogens is 530 g/mol. The summed E-state index contributed by atoms with van der Waals surface area (Å²) in [6.45, 7) is 4.47. The summed E-state index contributed by atoms with van der Waals surface area (Å²) < 4.78 is 5.55. The summed E-state index contributed by atoms with van der Waals surface area (Å²) in [6.07, 6.45) is 1.12. The lowest BCUT2D eigenvalue weighted by Crippen LogP contribution is -2.73. The van der Waals surface area contributed by atoms with Crippen molar-refractivity contribution >= 4 is 40.8 Å². The lowest BCUT2D eigenvalue weighted by Gasteiger charge is -2.50. The number of amides is 4. The molecule has 4 amide bonds. The number of likely N-dealkylation sites (tertiary alicyclic amines) is 2. The fourth-order valence-electron chi connectivity index (χ4n) is 5.79. The van der Waals surface area contributed by atoms with Gasteiger partial charge in [0.25, 0.3) is 0 Å². The van der Waals surface area contributed by atoms with Crippen LogP contribution in [0.2, 0.25) is 0 Å². The first-order valence-corrected chi connectivity index (χ1v) is 13.5. The minimum absolute atomic E-state index is 0.00122. The van der Waals surface area contributed by atoms with Gasteiger partial charge < -0.3 is 9.84 Å². The monoisotopic (exact) mass is 563 g/mol. The van der Waals surface area contributed by atoms with Crippen LogP contribution in [0.5, 0.6) is 0 Å². The average molecular weight is 564 g/mol. The molecule has 3 fully saturated rings. The lowest BCUT2D eigenvalue weighted by molar-refractivity contribution is -0.196. The van der Waals surface area contributed by atoms with Crippen molar-refractivity contribution in [3.8, 4) is 0 Å². The van der Waals surface area contributed by atoms with Crippen LogP contribution in [0, 0.1) is 11.8 Å². The van der Waals surface area contributed by atoms with Crippen LogP contribution in [0.1, 0.15) is 64.9 Å². The van der Waals surface area contributed by atoms with Gasteiger partial charge in [-0.3, -0.25) is 24.1 Å². The molecule has 0 bridgehead atoms. The molecule has 4 rings (SSSR count). The second kappa shape index (κ2) is 11.1. The Hall–Kier alpha value is -3.18. The summed E-state index contributed by atoms with van der Waals surface area (Å²) in [6, 6.07) is 8.16. The van der Waals surface area contributed by atoms with Crippen molar-refractivity contribution < 1.29 is 38.7 Å². The molecule has 1 saturated carbocycles. The van der Waals surface area contributed by atoms with E-state index in [1.807, 2.05) is 6.07 Å². The van der Waals surface area contributed by atoms with Crippen LogP contribution in [-0.4, -0.2) is 73.1 Å². The van der Waals surface area contributed by atoms with Crippen molar-refractivity contribution in [1.29, 1.82) is 0 Å². The molecule has 0 spiro atoms. The van der Waals surface area contributed by atoms with Gasteiger partial charge in [0.15, 0.2) is 0 Å². The van der Waals surface area contributed by atoms with E-state index in [1.54, 1.807) is 45.0 Å². The van der Waals surface area contributed by atoms with Gasteiger partial charge in [0.2, 0.25) is 17.5 Å². The number of carboxylic acids is 1. The summed E-state index contributed by atoms with van der Waals surface area (Å²) in [5.74, 6) is -3.94. The fraction of sp³-hybridized carbons (Fsp3) is 0.593. The van der Waals surface area contributed by atoms with Gasteiger partial charge in [0.1, 0.15) is 12.2 Å². The van der Waals surface area contributed by atoms with E-state index in [4.69, 9.17) is 21.2 Å². The van der Waals surface area contributed by atoms with Crippen molar-refractivity contribution in [2.45, 2.75) is 83.2 Å². The number of hydroxylamine groups is 2. The number of carbonyl (C=O) groups is 5. The number of ether oxygens (including phenoxy) is 1. The summed E-state index contributed by atoms with van der Waals surface area (Å²) >= 11 is 5.86. The predicted molar refractivity (Wildman–Crippen MR) is 138 cm³/mol. The van der Waals surface area contributed by atoms with Gasteiger partial charge in [-0.05, 0) is 57.2 Å². The third kappa shape index (κ3) is 5.60. The normalized spacial score (nSPS) is 27.2.